The van der Waals surface area contributed by atoms with E-state index in [1.807, 2.05) is 19.1 Å². The number of carbonyl (C=O) groups excluding carboxylic acids is 2. The summed E-state index contributed by atoms with van der Waals surface area (Å²) in [7, 11) is 0. The van der Waals surface area contributed by atoms with Crippen molar-refractivity contribution < 1.29 is 19.1 Å². The molecule has 150 valence electrons. The van der Waals surface area contributed by atoms with Gasteiger partial charge >= 0.3 is 0 Å². The highest BCUT2D eigenvalue weighted by Gasteiger charge is 2.46. The van der Waals surface area contributed by atoms with Crippen molar-refractivity contribution in [1.29, 1.82) is 0 Å². The Morgan fingerprint density at radius 1 is 1.07 bits per heavy atom. The zero-order valence-corrected chi connectivity index (χ0v) is 16.2. The Labute approximate surface area is 173 Å². The standard InChI is InChI=1S/C24H19FN2O3/c1-15-4-8-17(9-5-15)22(28)20-21(18-3-2-12-26-13-18)27(24(30)23(20)29)14-16-6-10-19(25)11-7-16/h2-13,21,28H,14H2,1H3/b22-20-. The number of nitrogens with zero attached hydrogens (tertiary/aromatic N) is 2. The first-order valence-corrected chi connectivity index (χ1v) is 9.45. The van der Waals surface area contributed by atoms with Gasteiger partial charge in [0.1, 0.15) is 11.6 Å². The van der Waals surface area contributed by atoms with Crippen LogP contribution in [0.1, 0.15) is 28.3 Å². The fourth-order valence-corrected chi connectivity index (χ4v) is 3.58. The molecule has 6 heteroatoms. The summed E-state index contributed by atoms with van der Waals surface area (Å²) in [6, 6.07) is 15.5. The van der Waals surface area contributed by atoms with Crippen molar-refractivity contribution in [2.45, 2.75) is 19.5 Å². The van der Waals surface area contributed by atoms with E-state index in [2.05, 4.69) is 4.98 Å². The van der Waals surface area contributed by atoms with Gasteiger partial charge in [-0.05, 0) is 36.2 Å². The first-order valence-electron chi connectivity index (χ1n) is 9.45. The van der Waals surface area contributed by atoms with E-state index >= 15 is 0 Å². The van der Waals surface area contributed by atoms with Crippen molar-refractivity contribution in [3.8, 4) is 0 Å². The quantitative estimate of drug-likeness (QED) is 0.404. The first kappa shape index (κ1) is 19.5. The SMILES string of the molecule is Cc1ccc(/C(O)=C2/C(=O)C(=O)N(Cc3ccc(F)cc3)C2c2cccnc2)cc1. The Balaban J connectivity index is 1.83. The van der Waals surface area contributed by atoms with E-state index in [1.165, 1.54) is 17.0 Å². The summed E-state index contributed by atoms with van der Waals surface area (Å²) in [5.41, 5.74) is 2.75. The highest BCUT2D eigenvalue weighted by Crippen LogP contribution is 2.40. The van der Waals surface area contributed by atoms with Gasteiger partial charge in [0.05, 0.1) is 11.6 Å². The predicted molar refractivity (Wildman–Crippen MR) is 110 cm³/mol. The average molecular weight is 402 g/mol. The molecule has 1 atom stereocenters. The van der Waals surface area contributed by atoms with E-state index < -0.39 is 17.7 Å². The summed E-state index contributed by atoms with van der Waals surface area (Å²) in [5, 5.41) is 11.0. The van der Waals surface area contributed by atoms with Crippen LogP contribution in [0, 0.1) is 12.7 Å². The van der Waals surface area contributed by atoms with Gasteiger partial charge in [0, 0.05) is 24.5 Å². The molecule has 2 heterocycles. The topological polar surface area (TPSA) is 70.5 Å². The predicted octanol–water partition coefficient (Wildman–Crippen LogP) is 4.15. The maximum Gasteiger partial charge on any atom is 0.295 e. The zero-order valence-electron chi connectivity index (χ0n) is 16.2. The molecule has 30 heavy (non-hydrogen) atoms. The molecule has 0 spiro atoms. The Morgan fingerprint density at radius 2 is 1.77 bits per heavy atom. The van der Waals surface area contributed by atoms with Gasteiger partial charge < -0.3 is 10.0 Å². The fourth-order valence-electron chi connectivity index (χ4n) is 3.58. The number of aliphatic hydroxyl groups is 1. The molecule has 5 nitrogen and oxygen atoms in total. The number of pyridine rings is 1. The van der Waals surface area contributed by atoms with Crippen LogP contribution < -0.4 is 0 Å². The molecule has 3 aromatic rings. The number of aromatic nitrogens is 1. The van der Waals surface area contributed by atoms with Gasteiger partial charge in [-0.1, -0.05) is 48.0 Å². The molecular weight excluding hydrogens is 383 g/mol. The number of halogens is 1. The fraction of sp³-hybridized carbons (Fsp3) is 0.125. The Morgan fingerprint density at radius 3 is 2.40 bits per heavy atom. The number of likely N-dealkylation sites (tertiary alicyclic amines) is 1. The third-order valence-electron chi connectivity index (χ3n) is 5.13. The summed E-state index contributed by atoms with van der Waals surface area (Å²) in [6.07, 6.45) is 3.16. The molecule has 1 amide bonds. The molecule has 0 bridgehead atoms. The molecule has 0 aliphatic carbocycles. The first-order chi connectivity index (χ1) is 14.5. The van der Waals surface area contributed by atoms with Crippen molar-refractivity contribution in [3.63, 3.8) is 0 Å². The minimum Gasteiger partial charge on any atom is -0.507 e. The number of amides is 1. The maximum absolute atomic E-state index is 13.3. The van der Waals surface area contributed by atoms with Gasteiger partial charge in [0.25, 0.3) is 11.7 Å². The molecule has 1 aliphatic heterocycles. The molecule has 1 aliphatic rings. The molecule has 1 saturated heterocycles. The average Bonchev–Trinajstić information content (AvgIpc) is 3.01. The molecule has 1 unspecified atom stereocenters. The number of hydrogen-bond acceptors (Lipinski definition) is 4. The second-order valence-electron chi connectivity index (χ2n) is 7.21. The van der Waals surface area contributed by atoms with Gasteiger partial charge in [-0.25, -0.2) is 4.39 Å². The highest BCUT2D eigenvalue weighted by atomic mass is 19.1. The van der Waals surface area contributed by atoms with Crippen LogP contribution in [0.2, 0.25) is 0 Å². The third-order valence-corrected chi connectivity index (χ3v) is 5.13. The largest absolute Gasteiger partial charge is 0.507 e. The number of carbonyl (C=O) groups is 2. The van der Waals surface area contributed by atoms with Crippen LogP contribution in [-0.4, -0.2) is 26.7 Å². The van der Waals surface area contributed by atoms with Crippen LogP contribution in [0.4, 0.5) is 4.39 Å². The van der Waals surface area contributed by atoms with Gasteiger partial charge in [-0.2, -0.15) is 0 Å². The number of Topliss-reactive ketones (excluding diaryl/α,β-unsaturated/α-hetero) is 1. The Bertz CT molecular complexity index is 1120. The summed E-state index contributed by atoms with van der Waals surface area (Å²) in [5.74, 6) is -2.10. The molecule has 0 saturated carbocycles. The van der Waals surface area contributed by atoms with E-state index in [0.29, 0.717) is 16.7 Å². The summed E-state index contributed by atoms with van der Waals surface area (Å²) < 4.78 is 13.3. The molecule has 1 fully saturated rings. The monoisotopic (exact) mass is 402 g/mol. The van der Waals surface area contributed by atoms with Crippen LogP contribution in [0.15, 0.2) is 78.6 Å². The van der Waals surface area contributed by atoms with Crippen molar-refractivity contribution >= 4 is 17.4 Å². The summed E-state index contributed by atoms with van der Waals surface area (Å²) in [4.78, 5) is 31.3. The molecule has 1 aromatic heterocycles. The van der Waals surface area contributed by atoms with Crippen molar-refractivity contribution in [3.05, 3.63) is 107 Å². The number of benzene rings is 2. The lowest BCUT2D eigenvalue weighted by atomic mass is 9.96. The van der Waals surface area contributed by atoms with Crippen LogP contribution >= 0.6 is 0 Å². The molecule has 1 N–H and O–H groups in total. The lowest BCUT2D eigenvalue weighted by molar-refractivity contribution is -0.140. The van der Waals surface area contributed by atoms with E-state index in [4.69, 9.17) is 0 Å². The Hall–Kier alpha value is -3.80. The molecule has 4 rings (SSSR count). The van der Waals surface area contributed by atoms with Gasteiger partial charge in [0.2, 0.25) is 0 Å². The van der Waals surface area contributed by atoms with Crippen LogP contribution in [0.25, 0.3) is 5.76 Å². The van der Waals surface area contributed by atoms with E-state index in [9.17, 15) is 19.1 Å². The smallest absolute Gasteiger partial charge is 0.295 e. The maximum atomic E-state index is 13.3. The Kier molecular flexibility index (Phi) is 5.14. The van der Waals surface area contributed by atoms with Gasteiger partial charge in [0.15, 0.2) is 0 Å². The lowest BCUT2D eigenvalue weighted by Gasteiger charge is -2.25. The number of hydrogen-bond donors (Lipinski definition) is 1. The lowest BCUT2D eigenvalue weighted by Crippen LogP contribution is -2.29. The summed E-state index contributed by atoms with van der Waals surface area (Å²) in [6.45, 7) is 2.01. The number of ketones is 1. The van der Waals surface area contributed by atoms with Crippen molar-refractivity contribution in [2.24, 2.45) is 0 Å². The minimum atomic E-state index is -0.801. The highest BCUT2D eigenvalue weighted by molar-refractivity contribution is 6.46. The molecule has 0 radical (unpaired) electrons. The second-order valence-corrected chi connectivity index (χ2v) is 7.21. The van der Waals surface area contributed by atoms with Crippen LogP contribution in [0.5, 0.6) is 0 Å². The number of aliphatic hydroxyl groups excluding tert-OH is 1. The van der Waals surface area contributed by atoms with Crippen molar-refractivity contribution in [1.82, 2.24) is 9.88 Å². The summed E-state index contributed by atoms with van der Waals surface area (Å²) >= 11 is 0. The second kappa shape index (κ2) is 7.91. The van der Waals surface area contributed by atoms with Gasteiger partial charge in [-0.15, -0.1) is 0 Å². The van der Waals surface area contributed by atoms with Crippen LogP contribution in [-0.2, 0) is 16.1 Å². The number of aryl methyl sites for hydroxylation is 1. The van der Waals surface area contributed by atoms with Crippen LogP contribution in [0.3, 0.4) is 0 Å². The minimum absolute atomic E-state index is 0.0129. The van der Waals surface area contributed by atoms with Crippen molar-refractivity contribution in [2.75, 3.05) is 0 Å². The number of rotatable bonds is 4. The molecular formula is C24H19FN2O3. The third kappa shape index (κ3) is 3.59. The van der Waals surface area contributed by atoms with E-state index in [0.717, 1.165) is 5.56 Å². The van der Waals surface area contributed by atoms with E-state index in [1.54, 1.807) is 48.8 Å². The van der Waals surface area contributed by atoms with E-state index in [-0.39, 0.29) is 23.7 Å². The molecule has 2 aromatic carbocycles. The zero-order chi connectivity index (χ0) is 21.3. The normalized spacial score (nSPS) is 18.1. The van der Waals surface area contributed by atoms with Gasteiger partial charge in [-0.3, -0.25) is 14.6 Å².